The van der Waals surface area contributed by atoms with Crippen LogP contribution in [0.3, 0.4) is 0 Å². The Bertz CT molecular complexity index is 730. The molecule has 0 spiro atoms. The molecule has 5 heteroatoms. The molecule has 21 heavy (non-hydrogen) atoms. The lowest BCUT2D eigenvalue weighted by molar-refractivity contribution is 0.0659. The quantitative estimate of drug-likeness (QED) is 0.942. The molecule has 110 valence electrons. The minimum Gasteiger partial charge on any atom is -0.475 e. The van der Waals surface area contributed by atoms with Crippen molar-refractivity contribution in [2.24, 2.45) is 0 Å². The molecule has 0 amide bonds. The number of carbonyl (C=O) groups is 1. The van der Waals surface area contributed by atoms with Gasteiger partial charge in [0.05, 0.1) is 16.6 Å². The Morgan fingerprint density at radius 1 is 1.29 bits per heavy atom. The molecule has 0 radical (unpaired) electrons. The van der Waals surface area contributed by atoms with Crippen LogP contribution < -0.4 is 0 Å². The third kappa shape index (κ3) is 2.78. The summed E-state index contributed by atoms with van der Waals surface area (Å²) in [5.41, 5.74) is 3.18. The summed E-state index contributed by atoms with van der Waals surface area (Å²) < 4.78 is 17.7. The minimum atomic E-state index is -1.22. The van der Waals surface area contributed by atoms with E-state index in [0.29, 0.717) is 11.3 Å². The van der Waals surface area contributed by atoms with Crippen LogP contribution >= 0.6 is 0 Å². The van der Waals surface area contributed by atoms with Crippen molar-refractivity contribution in [3.05, 3.63) is 52.5 Å². The van der Waals surface area contributed by atoms with Gasteiger partial charge < -0.3 is 9.52 Å². The fourth-order valence-electron chi connectivity index (χ4n) is 2.73. The van der Waals surface area contributed by atoms with Crippen molar-refractivity contribution in [1.82, 2.24) is 0 Å². The van der Waals surface area contributed by atoms with Gasteiger partial charge in [-0.15, -0.1) is 0 Å². The van der Waals surface area contributed by atoms with E-state index in [2.05, 4.69) is 0 Å². The first-order valence-electron chi connectivity index (χ1n) is 6.87. The van der Waals surface area contributed by atoms with Crippen LogP contribution in [0.1, 0.15) is 39.4 Å². The number of benzene rings is 1. The molecule has 0 fully saturated rings. The maximum absolute atomic E-state index is 12.4. The Morgan fingerprint density at radius 2 is 2.05 bits per heavy atom. The molecule has 2 aromatic rings. The number of fused-ring (bicyclic) bond motifs is 1. The maximum atomic E-state index is 12.4. The van der Waals surface area contributed by atoms with Gasteiger partial charge in [0.15, 0.2) is 0 Å². The van der Waals surface area contributed by atoms with Gasteiger partial charge in [0, 0.05) is 10.5 Å². The highest BCUT2D eigenvalue weighted by molar-refractivity contribution is 7.84. The summed E-state index contributed by atoms with van der Waals surface area (Å²) in [6.07, 6.45) is 3.30. The fourth-order valence-corrected chi connectivity index (χ4v) is 3.79. The lowest BCUT2D eigenvalue weighted by Crippen LogP contribution is -1.97. The molecular formula is C16H16O4S. The Morgan fingerprint density at radius 3 is 2.76 bits per heavy atom. The molecule has 3 rings (SSSR count). The summed E-state index contributed by atoms with van der Waals surface area (Å²) in [7, 11) is -1.22. The van der Waals surface area contributed by atoms with E-state index in [-0.39, 0.29) is 11.5 Å². The number of carboxylic acids is 1. The third-order valence-electron chi connectivity index (χ3n) is 3.77. The van der Waals surface area contributed by atoms with E-state index in [0.717, 1.165) is 24.2 Å². The molecule has 1 aliphatic carbocycles. The second kappa shape index (κ2) is 5.48. The Hall–Kier alpha value is -1.88. The van der Waals surface area contributed by atoms with Gasteiger partial charge in [0.25, 0.3) is 0 Å². The van der Waals surface area contributed by atoms with Crippen LogP contribution in [0.2, 0.25) is 0 Å². The smallest absolute Gasteiger partial charge is 0.372 e. The second-order valence-corrected chi connectivity index (χ2v) is 6.76. The van der Waals surface area contributed by atoms with E-state index >= 15 is 0 Å². The SMILES string of the molecule is Cc1cc(CS(=O)c2ccc3c(c2)CCC3)oc1C(=O)O. The van der Waals surface area contributed by atoms with E-state index in [9.17, 15) is 9.00 Å². The number of aromatic carboxylic acids is 1. The average Bonchev–Trinajstić information content (AvgIpc) is 3.04. The molecule has 1 aromatic heterocycles. The highest BCUT2D eigenvalue weighted by atomic mass is 32.2. The molecule has 0 bridgehead atoms. The summed E-state index contributed by atoms with van der Waals surface area (Å²) in [6, 6.07) is 7.60. The van der Waals surface area contributed by atoms with E-state index in [1.54, 1.807) is 13.0 Å². The molecule has 1 aromatic carbocycles. The highest BCUT2D eigenvalue weighted by Gasteiger charge is 2.18. The average molecular weight is 304 g/mol. The number of furan rings is 1. The normalized spacial score (nSPS) is 14.9. The van der Waals surface area contributed by atoms with Gasteiger partial charge in [-0.05, 0) is 55.5 Å². The van der Waals surface area contributed by atoms with Gasteiger partial charge in [-0.1, -0.05) is 6.07 Å². The maximum Gasteiger partial charge on any atom is 0.372 e. The second-order valence-electron chi connectivity index (χ2n) is 5.30. The zero-order valence-electron chi connectivity index (χ0n) is 11.7. The molecule has 0 saturated carbocycles. The van der Waals surface area contributed by atoms with Crippen molar-refractivity contribution >= 4 is 16.8 Å². The molecular weight excluding hydrogens is 288 g/mol. The predicted molar refractivity (Wildman–Crippen MR) is 79.0 cm³/mol. The highest BCUT2D eigenvalue weighted by Crippen LogP contribution is 2.25. The first kappa shape index (κ1) is 14.1. The van der Waals surface area contributed by atoms with E-state index in [1.165, 1.54) is 11.1 Å². The Kier molecular flexibility index (Phi) is 3.68. The van der Waals surface area contributed by atoms with Crippen LogP contribution in [0.15, 0.2) is 33.6 Å². The summed E-state index contributed by atoms with van der Waals surface area (Å²) in [5, 5.41) is 8.97. The lowest BCUT2D eigenvalue weighted by Gasteiger charge is -2.04. The summed E-state index contributed by atoms with van der Waals surface area (Å²) >= 11 is 0. The van der Waals surface area contributed by atoms with Crippen molar-refractivity contribution in [3.8, 4) is 0 Å². The Balaban J connectivity index is 1.80. The van der Waals surface area contributed by atoms with Crippen molar-refractivity contribution in [3.63, 3.8) is 0 Å². The number of aryl methyl sites for hydroxylation is 3. The Labute approximate surface area is 125 Å². The standard InChI is InChI=1S/C16H16O4S/c1-10-7-13(20-15(10)16(17)18)9-21(19)14-6-5-11-3-2-4-12(11)8-14/h5-8H,2-4,9H2,1H3,(H,17,18). The predicted octanol–water partition coefficient (Wildman–Crippen LogP) is 3.08. The molecule has 1 N–H and O–H groups in total. The van der Waals surface area contributed by atoms with Gasteiger partial charge in [-0.2, -0.15) is 0 Å². The van der Waals surface area contributed by atoms with Crippen LogP contribution in [-0.4, -0.2) is 15.3 Å². The van der Waals surface area contributed by atoms with Crippen LogP contribution in [0.5, 0.6) is 0 Å². The zero-order valence-corrected chi connectivity index (χ0v) is 12.5. The monoisotopic (exact) mass is 304 g/mol. The number of carboxylic acid groups (broad SMARTS) is 1. The van der Waals surface area contributed by atoms with Gasteiger partial charge in [0.2, 0.25) is 5.76 Å². The van der Waals surface area contributed by atoms with Gasteiger partial charge in [-0.25, -0.2) is 4.79 Å². The molecule has 1 aliphatic rings. The van der Waals surface area contributed by atoms with Crippen molar-refractivity contribution in [1.29, 1.82) is 0 Å². The fraction of sp³-hybridized carbons (Fsp3) is 0.312. The van der Waals surface area contributed by atoms with E-state index in [1.807, 2.05) is 18.2 Å². The van der Waals surface area contributed by atoms with Crippen LogP contribution in [0.25, 0.3) is 0 Å². The molecule has 4 nitrogen and oxygen atoms in total. The number of hydrogen-bond donors (Lipinski definition) is 1. The lowest BCUT2D eigenvalue weighted by atomic mass is 10.1. The summed E-state index contributed by atoms with van der Waals surface area (Å²) in [6.45, 7) is 1.68. The van der Waals surface area contributed by atoms with Gasteiger partial charge in [0.1, 0.15) is 5.76 Å². The van der Waals surface area contributed by atoms with Crippen LogP contribution in [-0.2, 0) is 29.4 Å². The van der Waals surface area contributed by atoms with Crippen molar-refractivity contribution < 1.29 is 18.5 Å². The van der Waals surface area contributed by atoms with Crippen LogP contribution in [0, 0.1) is 6.92 Å². The molecule has 1 atom stereocenters. The van der Waals surface area contributed by atoms with Gasteiger partial charge >= 0.3 is 5.97 Å². The largest absolute Gasteiger partial charge is 0.475 e. The molecule has 0 saturated heterocycles. The molecule has 0 aliphatic heterocycles. The third-order valence-corrected chi connectivity index (χ3v) is 5.10. The zero-order chi connectivity index (χ0) is 15.0. The molecule has 1 unspecified atom stereocenters. The van der Waals surface area contributed by atoms with E-state index in [4.69, 9.17) is 9.52 Å². The summed E-state index contributed by atoms with van der Waals surface area (Å²) in [5.74, 6) is -0.519. The number of rotatable bonds is 4. The minimum absolute atomic E-state index is 0.0732. The van der Waals surface area contributed by atoms with Crippen molar-refractivity contribution in [2.75, 3.05) is 0 Å². The first-order valence-corrected chi connectivity index (χ1v) is 8.19. The van der Waals surface area contributed by atoms with Crippen molar-refractivity contribution in [2.45, 2.75) is 36.8 Å². The molecule has 1 heterocycles. The summed E-state index contributed by atoms with van der Waals surface area (Å²) in [4.78, 5) is 11.7. The van der Waals surface area contributed by atoms with Crippen LogP contribution in [0.4, 0.5) is 0 Å². The van der Waals surface area contributed by atoms with E-state index < -0.39 is 16.8 Å². The number of hydrogen-bond acceptors (Lipinski definition) is 3. The topological polar surface area (TPSA) is 67.5 Å². The first-order chi connectivity index (χ1) is 10.0. The van der Waals surface area contributed by atoms with Gasteiger partial charge in [-0.3, -0.25) is 4.21 Å².